The van der Waals surface area contributed by atoms with Gasteiger partial charge in [0.25, 0.3) is 0 Å². The van der Waals surface area contributed by atoms with E-state index < -0.39 is 0 Å². The highest BCUT2D eigenvalue weighted by molar-refractivity contribution is 5.14. The average Bonchev–Trinajstić information content (AvgIpc) is 1.97. The molecule has 0 aliphatic heterocycles. The summed E-state index contributed by atoms with van der Waals surface area (Å²) < 4.78 is 0. The number of allylic oxidation sites excluding steroid dienone is 1. The molecular weight excluding hydrogens is 194 g/mol. The fourth-order valence-corrected chi connectivity index (χ4v) is 2.00. The predicted octanol–water partition coefficient (Wildman–Crippen LogP) is 4.54. The number of rotatable bonds is 4. The van der Waals surface area contributed by atoms with Crippen molar-refractivity contribution in [2.75, 3.05) is 0 Å². The summed E-state index contributed by atoms with van der Waals surface area (Å²) in [5.74, 6) is 0. The lowest BCUT2D eigenvalue weighted by Crippen LogP contribution is -2.41. The molecule has 16 heavy (non-hydrogen) atoms. The summed E-state index contributed by atoms with van der Waals surface area (Å²) in [5.41, 5.74) is 2.05. The van der Waals surface area contributed by atoms with Crippen LogP contribution in [-0.2, 0) is 0 Å². The summed E-state index contributed by atoms with van der Waals surface area (Å²) in [6, 6.07) is 0.445. The molecule has 1 N–H and O–H groups in total. The molecule has 0 amide bonds. The summed E-state index contributed by atoms with van der Waals surface area (Å²) in [6.07, 6.45) is 4.85. The standard InChI is InChI=1S/C15H31N/c1-9-10-13(14(3,4)5)11-12(2)16-15(6,7)8/h11-12,16H,9-10H2,1-8H3/b13-11+/t12-/m0/s1. The van der Waals surface area contributed by atoms with Gasteiger partial charge in [-0.15, -0.1) is 0 Å². The maximum atomic E-state index is 3.60. The first kappa shape index (κ1) is 15.7. The van der Waals surface area contributed by atoms with E-state index in [4.69, 9.17) is 0 Å². The molecule has 0 radical (unpaired) electrons. The van der Waals surface area contributed by atoms with Crippen molar-refractivity contribution >= 4 is 0 Å². The maximum absolute atomic E-state index is 3.60. The second kappa shape index (κ2) is 5.86. The highest BCUT2D eigenvalue weighted by atomic mass is 15.0. The van der Waals surface area contributed by atoms with E-state index in [9.17, 15) is 0 Å². The molecule has 1 heteroatoms. The van der Waals surface area contributed by atoms with E-state index in [-0.39, 0.29) is 5.54 Å². The zero-order valence-corrected chi connectivity index (χ0v) is 12.6. The van der Waals surface area contributed by atoms with Crippen LogP contribution >= 0.6 is 0 Å². The van der Waals surface area contributed by atoms with Crippen LogP contribution < -0.4 is 5.32 Å². The van der Waals surface area contributed by atoms with Gasteiger partial charge in [0.1, 0.15) is 0 Å². The lowest BCUT2D eigenvalue weighted by Gasteiger charge is -2.28. The van der Waals surface area contributed by atoms with Crippen LogP contribution in [0.3, 0.4) is 0 Å². The molecule has 0 aromatic heterocycles. The quantitative estimate of drug-likeness (QED) is 0.693. The normalized spacial score (nSPS) is 16.4. The topological polar surface area (TPSA) is 12.0 Å². The molecule has 0 spiro atoms. The molecule has 0 fully saturated rings. The summed E-state index contributed by atoms with van der Waals surface area (Å²) in [5, 5.41) is 3.60. The highest BCUT2D eigenvalue weighted by Gasteiger charge is 2.18. The fourth-order valence-electron chi connectivity index (χ4n) is 2.00. The Morgan fingerprint density at radius 2 is 1.62 bits per heavy atom. The smallest absolute Gasteiger partial charge is 0.0229 e. The molecule has 1 nitrogen and oxygen atoms in total. The van der Waals surface area contributed by atoms with Crippen molar-refractivity contribution in [2.45, 2.75) is 79.8 Å². The average molecular weight is 225 g/mol. The summed E-state index contributed by atoms with van der Waals surface area (Å²) in [4.78, 5) is 0. The van der Waals surface area contributed by atoms with Gasteiger partial charge in [0.15, 0.2) is 0 Å². The minimum absolute atomic E-state index is 0.186. The van der Waals surface area contributed by atoms with E-state index >= 15 is 0 Å². The molecule has 0 saturated heterocycles. The van der Waals surface area contributed by atoms with Crippen molar-refractivity contribution in [3.63, 3.8) is 0 Å². The first-order valence-corrected chi connectivity index (χ1v) is 6.55. The van der Waals surface area contributed by atoms with Crippen LogP contribution in [0.25, 0.3) is 0 Å². The second-order valence-corrected chi connectivity index (χ2v) is 6.87. The van der Waals surface area contributed by atoms with E-state index in [2.05, 4.69) is 66.8 Å². The summed E-state index contributed by atoms with van der Waals surface area (Å²) >= 11 is 0. The van der Waals surface area contributed by atoms with Gasteiger partial charge in [-0.3, -0.25) is 0 Å². The largest absolute Gasteiger partial charge is 0.306 e. The zero-order valence-electron chi connectivity index (χ0n) is 12.6. The van der Waals surface area contributed by atoms with E-state index in [1.54, 1.807) is 5.57 Å². The van der Waals surface area contributed by atoms with Gasteiger partial charge in [-0.05, 0) is 39.5 Å². The SMILES string of the molecule is CCC/C(=C\[C@H](C)NC(C)(C)C)C(C)(C)C. The molecule has 0 saturated carbocycles. The van der Waals surface area contributed by atoms with Gasteiger partial charge in [0.2, 0.25) is 0 Å². The van der Waals surface area contributed by atoms with Gasteiger partial charge in [-0.1, -0.05) is 45.8 Å². The molecule has 0 aromatic carbocycles. The zero-order chi connectivity index (χ0) is 13.0. The van der Waals surface area contributed by atoms with Crippen LogP contribution in [0.2, 0.25) is 0 Å². The first-order valence-electron chi connectivity index (χ1n) is 6.55. The van der Waals surface area contributed by atoms with Crippen molar-refractivity contribution in [1.29, 1.82) is 0 Å². The van der Waals surface area contributed by atoms with Gasteiger partial charge < -0.3 is 5.32 Å². The predicted molar refractivity (Wildman–Crippen MR) is 74.8 cm³/mol. The van der Waals surface area contributed by atoms with Crippen molar-refractivity contribution in [1.82, 2.24) is 5.32 Å². The Kier molecular flexibility index (Phi) is 5.75. The molecule has 96 valence electrons. The summed E-state index contributed by atoms with van der Waals surface area (Å²) in [6.45, 7) is 18.1. The van der Waals surface area contributed by atoms with Crippen LogP contribution in [0, 0.1) is 5.41 Å². The molecule has 1 atom stereocenters. The Balaban J connectivity index is 4.66. The minimum atomic E-state index is 0.186. The third-order valence-electron chi connectivity index (χ3n) is 2.59. The van der Waals surface area contributed by atoms with Gasteiger partial charge in [0, 0.05) is 11.6 Å². The molecule has 0 aliphatic rings. The highest BCUT2D eigenvalue weighted by Crippen LogP contribution is 2.29. The monoisotopic (exact) mass is 225 g/mol. The van der Waals surface area contributed by atoms with E-state index in [0.29, 0.717) is 11.5 Å². The van der Waals surface area contributed by atoms with E-state index in [1.807, 2.05) is 0 Å². The number of nitrogens with one attached hydrogen (secondary N) is 1. The fraction of sp³-hybridized carbons (Fsp3) is 0.867. The van der Waals surface area contributed by atoms with Crippen LogP contribution in [0.4, 0.5) is 0 Å². The van der Waals surface area contributed by atoms with Crippen molar-refractivity contribution in [2.24, 2.45) is 5.41 Å². The van der Waals surface area contributed by atoms with Crippen molar-refractivity contribution in [3.05, 3.63) is 11.6 Å². The van der Waals surface area contributed by atoms with Crippen LogP contribution in [0.15, 0.2) is 11.6 Å². The van der Waals surface area contributed by atoms with Gasteiger partial charge in [0.05, 0.1) is 0 Å². The Bertz CT molecular complexity index is 225. The molecule has 0 bridgehead atoms. The van der Waals surface area contributed by atoms with E-state index in [0.717, 1.165) is 0 Å². The Hall–Kier alpha value is -0.300. The third-order valence-corrected chi connectivity index (χ3v) is 2.59. The van der Waals surface area contributed by atoms with Crippen LogP contribution in [-0.4, -0.2) is 11.6 Å². The lowest BCUT2D eigenvalue weighted by molar-refractivity contribution is 0.396. The summed E-state index contributed by atoms with van der Waals surface area (Å²) in [7, 11) is 0. The minimum Gasteiger partial charge on any atom is -0.306 e. The van der Waals surface area contributed by atoms with Crippen LogP contribution in [0.5, 0.6) is 0 Å². The first-order chi connectivity index (χ1) is 7.06. The molecule has 0 heterocycles. The Morgan fingerprint density at radius 1 is 1.12 bits per heavy atom. The van der Waals surface area contributed by atoms with E-state index in [1.165, 1.54) is 12.8 Å². The molecule has 0 unspecified atom stereocenters. The maximum Gasteiger partial charge on any atom is 0.0229 e. The third kappa shape index (κ3) is 7.05. The van der Waals surface area contributed by atoms with Crippen molar-refractivity contribution in [3.8, 4) is 0 Å². The lowest BCUT2D eigenvalue weighted by atomic mass is 9.82. The number of hydrogen-bond donors (Lipinski definition) is 1. The Labute approximate surface area is 103 Å². The molecular formula is C15H31N. The Morgan fingerprint density at radius 3 is 1.94 bits per heavy atom. The second-order valence-electron chi connectivity index (χ2n) is 6.87. The van der Waals surface area contributed by atoms with Gasteiger partial charge in [-0.25, -0.2) is 0 Å². The van der Waals surface area contributed by atoms with Gasteiger partial charge in [-0.2, -0.15) is 0 Å². The van der Waals surface area contributed by atoms with Gasteiger partial charge >= 0.3 is 0 Å². The number of hydrogen-bond acceptors (Lipinski definition) is 1. The van der Waals surface area contributed by atoms with Crippen LogP contribution in [0.1, 0.15) is 68.2 Å². The van der Waals surface area contributed by atoms with Crippen molar-refractivity contribution < 1.29 is 0 Å². The molecule has 0 rings (SSSR count). The molecule has 0 aliphatic carbocycles. The molecule has 0 aromatic rings.